The van der Waals surface area contributed by atoms with E-state index >= 15 is 0 Å². The number of aryl methyl sites for hydroxylation is 1. The molecular weight excluding hydrogens is 379 g/mol. The van der Waals surface area contributed by atoms with Gasteiger partial charge in [-0.1, -0.05) is 24.3 Å². The minimum Gasteiger partial charge on any atom is -0.322 e. The van der Waals surface area contributed by atoms with E-state index in [1.54, 1.807) is 18.2 Å². The lowest BCUT2D eigenvalue weighted by atomic mass is 10.1. The van der Waals surface area contributed by atoms with Gasteiger partial charge in [0, 0.05) is 18.3 Å². The molecule has 3 aromatic rings. The van der Waals surface area contributed by atoms with Gasteiger partial charge in [-0.2, -0.15) is 0 Å². The SMILES string of the molecule is Cc1ccccc1NC(=O)c1cccc(S(=O)(=O)N(C)c2ccc(F)cc2)c1. The first-order valence-electron chi connectivity index (χ1n) is 8.50. The van der Waals surface area contributed by atoms with Crippen LogP contribution in [0.15, 0.2) is 77.7 Å². The largest absolute Gasteiger partial charge is 0.322 e. The summed E-state index contributed by atoms with van der Waals surface area (Å²) in [7, 11) is -2.53. The Hall–Kier alpha value is -3.19. The van der Waals surface area contributed by atoms with Crippen LogP contribution in [-0.2, 0) is 10.0 Å². The molecule has 1 N–H and O–H groups in total. The van der Waals surface area contributed by atoms with Crippen LogP contribution in [0.25, 0.3) is 0 Å². The number of anilines is 2. The highest BCUT2D eigenvalue weighted by molar-refractivity contribution is 7.92. The number of hydrogen-bond donors (Lipinski definition) is 1. The third-order valence-corrected chi connectivity index (χ3v) is 6.12. The van der Waals surface area contributed by atoms with Crippen molar-refractivity contribution in [3.05, 3.63) is 89.7 Å². The third-order valence-electron chi connectivity index (χ3n) is 4.34. The van der Waals surface area contributed by atoms with Crippen LogP contribution in [-0.4, -0.2) is 21.4 Å². The number of para-hydroxylation sites is 1. The number of nitrogens with zero attached hydrogens (tertiary/aromatic N) is 1. The van der Waals surface area contributed by atoms with Crippen molar-refractivity contribution in [1.29, 1.82) is 0 Å². The lowest BCUT2D eigenvalue weighted by Crippen LogP contribution is -2.27. The fourth-order valence-corrected chi connectivity index (χ4v) is 3.90. The van der Waals surface area contributed by atoms with E-state index in [-0.39, 0.29) is 10.5 Å². The number of amides is 1. The van der Waals surface area contributed by atoms with Crippen molar-refractivity contribution in [3.8, 4) is 0 Å². The first-order valence-corrected chi connectivity index (χ1v) is 9.94. The van der Waals surface area contributed by atoms with Crippen molar-refractivity contribution >= 4 is 27.3 Å². The van der Waals surface area contributed by atoms with Crippen molar-refractivity contribution in [2.24, 2.45) is 0 Å². The molecule has 0 aromatic heterocycles. The Morgan fingerprint density at radius 2 is 1.64 bits per heavy atom. The molecule has 3 rings (SSSR count). The number of hydrogen-bond acceptors (Lipinski definition) is 3. The van der Waals surface area contributed by atoms with Gasteiger partial charge >= 0.3 is 0 Å². The van der Waals surface area contributed by atoms with Crippen LogP contribution in [0.3, 0.4) is 0 Å². The van der Waals surface area contributed by atoms with Crippen LogP contribution in [0.4, 0.5) is 15.8 Å². The van der Waals surface area contributed by atoms with Gasteiger partial charge in [-0.3, -0.25) is 9.10 Å². The molecule has 0 heterocycles. The van der Waals surface area contributed by atoms with Crippen molar-refractivity contribution < 1.29 is 17.6 Å². The second-order valence-electron chi connectivity index (χ2n) is 6.25. The van der Waals surface area contributed by atoms with Gasteiger partial charge in [-0.15, -0.1) is 0 Å². The number of carbonyl (C=O) groups is 1. The molecule has 0 radical (unpaired) electrons. The maximum atomic E-state index is 13.1. The van der Waals surface area contributed by atoms with Crippen molar-refractivity contribution in [1.82, 2.24) is 0 Å². The van der Waals surface area contributed by atoms with Gasteiger partial charge in [0.05, 0.1) is 10.6 Å². The number of benzene rings is 3. The number of halogens is 1. The fourth-order valence-electron chi connectivity index (χ4n) is 2.65. The lowest BCUT2D eigenvalue weighted by molar-refractivity contribution is 0.102. The number of carbonyl (C=O) groups excluding carboxylic acids is 1. The Balaban J connectivity index is 1.88. The van der Waals surface area contributed by atoms with E-state index in [9.17, 15) is 17.6 Å². The Bertz CT molecular complexity index is 1110. The molecule has 3 aromatic carbocycles. The second-order valence-corrected chi connectivity index (χ2v) is 8.22. The van der Waals surface area contributed by atoms with Gasteiger partial charge in [0.1, 0.15) is 5.82 Å². The number of nitrogens with one attached hydrogen (secondary N) is 1. The standard InChI is InChI=1S/C21H19FN2O3S/c1-15-6-3-4-9-20(15)23-21(25)16-7-5-8-19(14-16)28(26,27)24(2)18-12-10-17(22)11-13-18/h3-14H,1-2H3,(H,23,25). The first-order chi connectivity index (χ1) is 13.3. The zero-order valence-corrected chi connectivity index (χ0v) is 16.2. The molecule has 0 saturated heterocycles. The molecule has 28 heavy (non-hydrogen) atoms. The van der Waals surface area contributed by atoms with Crippen LogP contribution in [0, 0.1) is 12.7 Å². The molecule has 1 amide bonds. The molecule has 0 spiro atoms. The van der Waals surface area contributed by atoms with Crippen LogP contribution in [0.1, 0.15) is 15.9 Å². The molecule has 144 valence electrons. The molecule has 0 unspecified atom stereocenters. The number of rotatable bonds is 5. The predicted molar refractivity (Wildman–Crippen MR) is 108 cm³/mol. The lowest BCUT2D eigenvalue weighted by Gasteiger charge is -2.20. The average Bonchev–Trinajstić information content (AvgIpc) is 2.70. The summed E-state index contributed by atoms with van der Waals surface area (Å²) in [5.41, 5.74) is 2.09. The Kier molecular flexibility index (Phi) is 5.46. The molecule has 7 heteroatoms. The second kappa shape index (κ2) is 7.82. The normalized spacial score (nSPS) is 11.1. The molecule has 0 fully saturated rings. The Morgan fingerprint density at radius 3 is 2.32 bits per heavy atom. The zero-order chi connectivity index (χ0) is 20.3. The maximum Gasteiger partial charge on any atom is 0.264 e. The van der Waals surface area contributed by atoms with Gasteiger partial charge in [-0.05, 0) is 61.0 Å². The van der Waals surface area contributed by atoms with Crippen molar-refractivity contribution in [2.45, 2.75) is 11.8 Å². The first kappa shape index (κ1) is 19.6. The van der Waals surface area contributed by atoms with Crippen molar-refractivity contribution in [3.63, 3.8) is 0 Å². The molecule has 0 aliphatic carbocycles. The van der Waals surface area contributed by atoms with E-state index in [0.717, 1.165) is 9.87 Å². The summed E-state index contributed by atoms with van der Waals surface area (Å²) < 4.78 is 40.0. The summed E-state index contributed by atoms with van der Waals surface area (Å²) in [6, 6.07) is 18.2. The topological polar surface area (TPSA) is 66.5 Å². The van der Waals surface area contributed by atoms with Crippen LogP contribution < -0.4 is 9.62 Å². The molecule has 5 nitrogen and oxygen atoms in total. The van der Waals surface area contributed by atoms with Gasteiger partial charge in [0.15, 0.2) is 0 Å². The highest BCUT2D eigenvalue weighted by Crippen LogP contribution is 2.23. The average molecular weight is 398 g/mol. The van der Waals surface area contributed by atoms with E-state index < -0.39 is 21.7 Å². The molecule has 0 saturated carbocycles. The van der Waals surface area contributed by atoms with E-state index in [1.807, 2.05) is 19.1 Å². The fraction of sp³-hybridized carbons (Fsp3) is 0.0952. The number of sulfonamides is 1. The summed E-state index contributed by atoms with van der Waals surface area (Å²) in [5.74, 6) is -0.861. The van der Waals surface area contributed by atoms with E-state index in [0.29, 0.717) is 11.4 Å². The van der Waals surface area contributed by atoms with E-state index in [2.05, 4.69) is 5.32 Å². The Labute approximate surface area is 163 Å². The minimum atomic E-state index is -3.91. The molecule has 0 bridgehead atoms. The van der Waals surface area contributed by atoms with E-state index in [1.165, 1.54) is 49.5 Å². The van der Waals surface area contributed by atoms with Gasteiger partial charge in [0.2, 0.25) is 0 Å². The third kappa shape index (κ3) is 4.04. The summed E-state index contributed by atoms with van der Waals surface area (Å²) in [4.78, 5) is 12.5. The predicted octanol–water partition coefficient (Wildman–Crippen LogP) is 4.21. The highest BCUT2D eigenvalue weighted by Gasteiger charge is 2.22. The van der Waals surface area contributed by atoms with Crippen LogP contribution in [0.5, 0.6) is 0 Å². The zero-order valence-electron chi connectivity index (χ0n) is 15.4. The summed E-state index contributed by atoms with van der Waals surface area (Å²) in [6.45, 7) is 1.87. The molecular formula is C21H19FN2O3S. The molecule has 0 aliphatic heterocycles. The minimum absolute atomic E-state index is 0.0308. The van der Waals surface area contributed by atoms with E-state index in [4.69, 9.17) is 0 Å². The molecule has 0 atom stereocenters. The van der Waals surface area contributed by atoms with Crippen molar-refractivity contribution in [2.75, 3.05) is 16.7 Å². The maximum absolute atomic E-state index is 13.1. The van der Waals surface area contributed by atoms with Gasteiger partial charge in [-0.25, -0.2) is 12.8 Å². The molecule has 0 aliphatic rings. The summed E-state index contributed by atoms with van der Waals surface area (Å²) in [6.07, 6.45) is 0. The monoisotopic (exact) mass is 398 g/mol. The smallest absolute Gasteiger partial charge is 0.264 e. The van der Waals surface area contributed by atoms with Crippen LogP contribution >= 0.6 is 0 Å². The van der Waals surface area contributed by atoms with Gasteiger partial charge < -0.3 is 5.32 Å². The summed E-state index contributed by atoms with van der Waals surface area (Å²) in [5, 5.41) is 2.78. The Morgan fingerprint density at radius 1 is 0.964 bits per heavy atom. The van der Waals surface area contributed by atoms with Gasteiger partial charge in [0.25, 0.3) is 15.9 Å². The summed E-state index contributed by atoms with van der Waals surface area (Å²) >= 11 is 0. The highest BCUT2D eigenvalue weighted by atomic mass is 32.2. The quantitative estimate of drug-likeness (QED) is 0.700. The van der Waals surface area contributed by atoms with Crippen LogP contribution in [0.2, 0.25) is 0 Å².